The van der Waals surface area contributed by atoms with E-state index >= 15 is 0 Å². The molecule has 1 aliphatic heterocycles. The van der Waals surface area contributed by atoms with Crippen molar-refractivity contribution >= 4 is 5.82 Å². The zero-order valence-electron chi connectivity index (χ0n) is 8.37. The van der Waals surface area contributed by atoms with Crippen molar-refractivity contribution in [2.45, 2.75) is 18.9 Å². The second-order valence-electron chi connectivity index (χ2n) is 3.88. The molecule has 2 heterocycles. The van der Waals surface area contributed by atoms with Crippen molar-refractivity contribution in [1.82, 2.24) is 4.98 Å². The molecule has 0 aliphatic carbocycles. The van der Waals surface area contributed by atoms with Gasteiger partial charge in [-0.3, -0.25) is 0 Å². The Bertz CT molecular complexity index is 265. The second kappa shape index (κ2) is 4.42. The van der Waals surface area contributed by atoms with Gasteiger partial charge in [-0.25, -0.2) is 4.98 Å². The van der Waals surface area contributed by atoms with E-state index in [1.165, 1.54) is 17.7 Å². The van der Waals surface area contributed by atoms with Crippen molar-refractivity contribution in [1.29, 1.82) is 0 Å². The first kappa shape index (κ1) is 9.46. The summed E-state index contributed by atoms with van der Waals surface area (Å²) in [7, 11) is 4.01. The van der Waals surface area contributed by atoms with Crippen LogP contribution in [0.1, 0.15) is 12.8 Å². The lowest BCUT2D eigenvalue weighted by atomic mass is 10.1. The van der Waals surface area contributed by atoms with Crippen LogP contribution >= 0.6 is 0 Å². The van der Waals surface area contributed by atoms with Crippen LogP contribution in [0.15, 0.2) is 24.4 Å². The van der Waals surface area contributed by atoms with Gasteiger partial charge in [-0.1, -0.05) is 6.07 Å². The lowest BCUT2D eigenvalue weighted by Gasteiger charge is -2.31. The normalized spacial score (nSPS) is 27.2. The van der Waals surface area contributed by atoms with Crippen LogP contribution in [0.25, 0.3) is 0 Å². The monoisotopic (exact) mass is 191 g/mol. The van der Waals surface area contributed by atoms with Crippen molar-refractivity contribution in [3.8, 4) is 0 Å². The first-order chi connectivity index (χ1) is 6.84. The molecule has 0 unspecified atom stereocenters. The van der Waals surface area contributed by atoms with Gasteiger partial charge in [0.1, 0.15) is 5.82 Å². The first-order valence-corrected chi connectivity index (χ1v) is 5.19. The molecule has 76 valence electrons. The van der Waals surface area contributed by atoms with Crippen LogP contribution in [0, 0.1) is 7.05 Å². The van der Waals surface area contributed by atoms with Crippen molar-refractivity contribution in [3.05, 3.63) is 31.4 Å². The van der Waals surface area contributed by atoms with E-state index in [2.05, 4.69) is 17.3 Å². The zero-order valence-corrected chi connectivity index (χ0v) is 8.37. The third-order valence-corrected chi connectivity index (χ3v) is 2.71. The van der Waals surface area contributed by atoms with E-state index in [0.717, 1.165) is 18.9 Å². The Morgan fingerprint density at radius 2 is 2.14 bits per heavy atom. The Hall–Kier alpha value is -1.09. The summed E-state index contributed by atoms with van der Waals surface area (Å²) in [6.07, 6.45) is 4.20. The molecule has 1 aliphatic rings. The smallest absolute Gasteiger partial charge is 0.126 e. The summed E-state index contributed by atoms with van der Waals surface area (Å²) in [6, 6.07) is 6.55. The Kier molecular flexibility index (Phi) is 2.99. The summed E-state index contributed by atoms with van der Waals surface area (Å²) in [5.41, 5.74) is 0. The molecule has 3 heteroatoms. The molecular weight excluding hydrogens is 174 g/mol. The average Bonchev–Trinajstić information content (AvgIpc) is 2.23. The molecule has 3 nitrogen and oxygen atoms in total. The minimum absolute atomic E-state index is 0.579. The van der Waals surface area contributed by atoms with E-state index in [4.69, 9.17) is 0 Å². The second-order valence-corrected chi connectivity index (χ2v) is 3.88. The predicted molar refractivity (Wildman–Crippen MR) is 56.9 cm³/mol. The molecule has 0 bridgehead atoms. The van der Waals surface area contributed by atoms with E-state index in [0.29, 0.717) is 6.04 Å². The lowest BCUT2D eigenvalue weighted by molar-refractivity contribution is -0.859. The molecule has 0 saturated carbocycles. The molecule has 1 saturated heterocycles. The van der Waals surface area contributed by atoms with Gasteiger partial charge in [0, 0.05) is 25.1 Å². The van der Waals surface area contributed by atoms with Crippen LogP contribution in [0.5, 0.6) is 0 Å². The molecule has 0 radical (unpaired) electrons. The summed E-state index contributed by atoms with van der Waals surface area (Å²) >= 11 is 0. The number of quaternary nitrogens is 1. The minimum atomic E-state index is 0.579. The minimum Gasteiger partial charge on any atom is -0.468 e. The van der Waals surface area contributed by atoms with Crippen molar-refractivity contribution in [2.75, 3.05) is 18.4 Å². The summed E-state index contributed by atoms with van der Waals surface area (Å²) in [5.74, 6) is 0.991. The Morgan fingerprint density at radius 3 is 2.79 bits per heavy atom. The average molecular weight is 191 g/mol. The first-order valence-electron chi connectivity index (χ1n) is 5.19. The fourth-order valence-corrected chi connectivity index (χ4v) is 1.83. The van der Waals surface area contributed by atoms with Gasteiger partial charge in [0.2, 0.25) is 0 Å². The van der Waals surface area contributed by atoms with Crippen molar-refractivity contribution < 1.29 is 4.90 Å². The predicted octanol–water partition coefficient (Wildman–Crippen LogP) is 0.332. The number of anilines is 1. The largest absolute Gasteiger partial charge is 0.468 e. The molecule has 2 rings (SSSR count). The van der Waals surface area contributed by atoms with E-state index in [1.807, 2.05) is 24.4 Å². The highest BCUT2D eigenvalue weighted by atomic mass is 15.1. The van der Waals surface area contributed by atoms with E-state index in [1.54, 1.807) is 0 Å². The van der Waals surface area contributed by atoms with Crippen LogP contribution in [-0.4, -0.2) is 24.1 Å². The molecule has 1 aromatic rings. The summed E-state index contributed by atoms with van der Waals surface area (Å²) in [6.45, 7) is 2.31. The summed E-state index contributed by atoms with van der Waals surface area (Å²) in [4.78, 5) is 5.65. The number of likely N-dealkylation sites (tertiary alicyclic amines) is 1. The van der Waals surface area contributed by atoms with Gasteiger partial charge in [-0.15, -0.1) is 0 Å². The Balaban J connectivity index is 1.87. The highest BCUT2D eigenvalue weighted by Crippen LogP contribution is 2.08. The van der Waals surface area contributed by atoms with Crippen LogP contribution in [0.3, 0.4) is 0 Å². The SMILES string of the molecule is [CH2-][NH+]1CCC(Nc2ccccn2)CC1. The number of nitrogens with zero attached hydrogens (tertiary/aromatic N) is 1. The fourth-order valence-electron chi connectivity index (χ4n) is 1.83. The third-order valence-electron chi connectivity index (χ3n) is 2.71. The molecule has 0 spiro atoms. The van der Waals surface area contributed by atoms with Crippen LogP contribution in [-0.2, 0) is 0 Å². The number of piperidine rings is 1. The third kappa shape index (κ3) is 2.45. The number of pyridine rings is 1. The molecule has 0 atom stereocenters. The number of hydrogen-bond acceptors (Lipinski definition) is 2. The fraction of sp³-hybridized carbons (Fsp3) is 0.455. The van der Waals surface area contributed by atoms with Gasteiger partial charge in [0.25, 0.3) is 0 Å². The van der Waals surface area contributed by atoms with Crippen LogP contribution in [0.2, 0.25) is 0 Å². The van der Waals surface area contributed by atoms with Crippen LogP contribution < -0.4 is 10.2 Å². The van der Waals surface area contributed by atoms with Crippen LogP contribution in [0.4, 0.5) is 5.82 Å². The Labute approximate surface area is 85.1 Å². The zero-order chi connectivity index (χ0) is 9.80. The summed E-state index contributed by atoms with van der Waals surface area (Å²) in [5, 5.41) is 3.45. The maximum absolute atomic E-state index is 4.26. The molecule has 14 heavy (non-hydrogen) atoms. The molecule has 0 amide bonds. The molecular formula is C11H17N3. The highest BCUT2D eigenvalue weighted by Gasteiger charge is 2.16. The van der Waals surface area contributed by atoms with Gasteiger partial charge < -0.3 is 10.2 Å². The quantitative estimate of drug-likeness (QED) is 0.660. The van der Waals surface area contributed by atoms with Gasteiger partial charge in [0.15, 0.2) is 0 Å². The standard InChI is InChI=1S/C11H17N3/c1-14-8-5-10(6-9-14)13-11-4-2-3-7-12-11/h2-4,7,10,14H,1,5-6,8-9H2,(H,12,13). The van der Waals surface area contributed by atoms with Crippen molar-refractivity contribution in [3.63, 3.8) is 0 Å². The molecule has 0 aromatic carbocycles. The maximum atomic E-state index is 4.26. The Morgan fingerprint density at radius 1 is 1.36 bits per heavy atom. The van der Waals surface area contributed by atoms with Gasteiger partial charge in [-0.05, 0) is 12.1 Å². The van der Waals surface area contributed by atoms with E-state index in [-0.39, 0.29) is 0 Å². The van der Waals surface area contributed by atoms with Gasteiger partial charge in [-0.2, -0.15) is 7.05 Å². The van der Waals surface area contributed by atoms with Gasteiger partial charge >= 0.3 is 0 Å². The molecule has 1 aromatic heterocycles. The topological polar surface area (TPSA) is 29.4 Å². The van der Waals surface area contributed by atoms with E-state index < -0.39 is 0 Å². The van der Waals surface area contributed by atoms with Crippen molar-refractivity contribution in [2.24, 2.45) is 0 Å². The summed E-state index contributed by atoms with van der Waals surface area (Å²) < 4.78 is 0. The number of rotatable bonds is 2. The highest BCUT2D eigenvalue weighted by molar-refractivity contribution is 5.34. The van der Waals surface area contributed by atoms with Gasteiger partial charge in [0.05, 0.1) is 13.1 Å². The lowest BCUT2D eigenvalue weighted by Crippen LogP contribution is -3.08. The molecule has 2 N–H and O–H groups in total. The number of hydrogen-bond donors (Lipinski definition) is 2. The number of aromatic nitrogens is 1. The maximum Gasteiger partial charge on any atom is 0.126 e. The van der Waals surface area contributed by atoms with E-state index in [9.17, 15) is 0 Å². The number of nitrogens with one attached hydrogen (secondary N) is 2. The molecule has 1 fully saturated rings.